The van der Waals surface area contributed by atoms with Crippen LogP contribution in [0.1, 0.15) is 25.5 Å². The summed E-state index contributed by atoms with van der Waals surface area (Å²) in [6, 6.07) is 3.88. The van der Waals surface area contributed by atoms with E-state index in [1.54, 1.807) is 12.3 Å². The number of rotatable bonds is 7. The van der Waals surface area contributed by atoms with E-state index >= 15 is 0 Å². The predicted octanol–water partition coefficient (Wildman–Crippen LogP) is 0.741. The number of nitrogens with one attached hydrogen (secondary N) is 1. The second kappa shape index (κ2) is 6.02. The SMILES string of the molecule is CC(C(=O)NCc1ccco1)N(CCO)C1CC1. The average molecular weight is 252 g/mol. The van der Waals surface area contributed by atoms with Gasteiger partial charge in [-0.25, -0.2) is 0 Å². The molecule has 5 heteroatoms. The molecule has 0 bridgehead atoms. The summed E-state index contributed by atoms with van der Waals surface area (Å²) in [6.07, 6.45) is 3.83. The van der Waals surface area contributed by atoms with Crippen LogP contribution < -0.4 is 5.32 Å². The molecule has 1 aromatic rings. The van der Waals surface area contributed by atoms with E-state index in [2.05, 4.69) is 10.2 Å². The van der Waals surface area contributed by atoms with Crippen LogP contribution in [0.2, 0.25) is 0 Å². The molecule has 1 fully saturated rings. The minimum atomic E-state index is -0.209. The van der Waals surface area contributed by atoms with Crippen LogP contribution in [0.4, 0.5) is 0 Å². The van der Waals surface area contributed by atoms with Crippen LogP contribution in [-0.4, -0.2) is 41.1 Å². The lowest BCUT2D eigenvalue weighted by Gasteiger charge is -2.27. The molecule has 100 valence electrons. The van der Waals surface area contributed by atoms with E-state index in [-0.39, 0.29) is 18.6 Å². The number of carbonyl (C=O) groups excluding carboxylic acids is 1. The smallest absolute Gasteiger partial charge is 0.237 e. The summed E-state index contributed by atoms with van der Waals surface area (Å²) in [5, 5.41) is 11.9. The highest BCUT2D eigenvalue weighted by molar-refractivity contribution is 5.81. The highest BCUT2D eigenvalue weighted by Crippen LogP contribution is 2.28. The maximum atomic E-state index is 12.0. The Kier molecular flexibility index (Phi) is 4.38. The van der Waals surface area contributed by atoms with Crippen molar-refractivity contribution in [3.63, 3.8) is 0 Å². The molecule has 0 spiro atoms. The summed E-state index contributed by atoms with van der Waals surface area (Å²) >= 11 is 0. The van der Waals surface area contributed by atoms with Gasteiger partial charge in [-0.1, -0.05) is 0 Å². The topological polar surface area (TPSA) is 65.7 Å². The van der Waals surface area contributed by atoms with Crippen molar-refractivity contribution in [2.75, 3.05) is 13.2 Å². The van der Waals surface area contributed by atoms with E-state index in [0.29, 0.717) is 19.1 Å². The lowest BCUT2D eigenvalue weighted by atomic mass is 10.2. The van der Waals surface area contributed by atoms with Gasteiger partial charge in [-0.05, 0) is 31.9 Å². The zero-order valence-electron chi connectivity index (χ0n) is 10.6. The third kappa shape index (κ3) is 3.34. The zero-order valence-corrected chi connectivity index (χ0v) is 10.6. The molecule has 1 saturated carbocycles. The van der Waals surface area contributed by atoms with E-state index in [9.17, 15) is 4.79 Å². The molecule has 2 rings (SSSR count). The molecule has 0 aliphatic heterocycles. The summed E-state index contributed by atoms with van der Waals surface area (Å²) in [7, 11) is 0. The van der Waals surface area contributed by atoms with Crippen LogP contribution in [-0.2, 0) is 11.3 Å². The van der Waals surface area contributed by atoms with E-state index in [4.69, 9.17) is 9.52 Å². The van der Waals surface area contributed by atoms with Crippen molar-refractivity contribution in [2.45, 2.75) is 38.4 Å². The first-order valence-electron chi connectivity index (χ1n) is 6.39. The maximum absolute atomic E-state index is 12.0. The summed E-state index contributed by atoms with van der Waals surface area (Å²) in [4.78, 5) is 14.1. The van der Waals surface area contributed by atoms with Crippen LogP contribution in [0.5, 0.6) is 0 Å². The molecule has 1 heterocycles. The van der Waals surface area contributed by atoms with Gasteiger partial charge in [0.1, 0.15) is 5.76 Å². The monoisotopic (exact) mass is 252 g/mol. The first-order valence-corrected chi connectivity index (χ1v) is 6.39. The Morgan fingerprint density at radius 3 is 3.00 bits per heavy atom. The van der Waals surface area contributed by atoms with Gasteiger partial charge in [-0.3, -0.25) is 9.69 Å². The first-order chi connectivity index (χ1) is 8.72. The van der Waals surface area contributed by atoms with Crippen molar-refractivity contribution >= 4 is 5.91 Å². The Bertz CT molecular complexity index is 374. The first kappa shape index (κ1) is 13.1. The van der Waals surface area contributed by atoms with Crippen LogP contribution in [0.15, 0.2) is 22.8 Å². The van der Waals surface area contributed by atoms with Crippen molar-refractivity contribution in [1.82, 2.24) is 10.2 Å². The maximum Gasteiger partial charge on any atom is 0.237 e. The lowest BCUT2D eigenvalue weighted by molar-refractivity contribution is -0.126. The van der Waals surface area contributed by atoms with E-state index < -0.39 is 0 Å². The Labute approximate surface area is 107 Å². The molecule has 2 N–H and O–H groups in total. The van der Waals surface area contributed by atoms with Gasteiger partial charge >= 0.3 is 0 Å². The van der Waals surface area contributed by atoms with Crippen LogP contribution in [0, 0.1) is 0 Å². The minimum absolute atomic E-state index is 0.0215. The van der Waals surface area contributed by atoms with Crippen LogP contribution >= 0.6 is 0 Å². The Morgan fingerprint density at radius 2 is 2.44 bits per heavy atom. The second-order valence-corrected chi connectivity index (χ2v) is 4.67. The number of hydrogen-bond acceptors (Lipinski definition) is 4. The van der Waals surface area contributed by atoms with Crippen molar-refractivity contribution < 1.29 is 14.3 Å². The van der Waals surface area contributed by atoms with Gasteiger partial charge in [0.15, 0.2) is 0 Å². The molecule has 0 saturated heterocycles. The van der Waals surface area contributed by atoms with Gasteiger partial charge < -0.3 is 14.8 Å². The van der Waals surface area contributed by atoms with Crippen LogP contribution in [0.25, 0.3) is 0 Å². The van der Waals surface area contributed by atoms with Gasteiger partial charge in [-0.15, -0.1) is 0 Å². The quantitative estimate of drug-likeness (QED) is 0.751. The molecular weight excluding hydrogens is 232 g/mol. The molecular formula is C13H20N2O3. The van der Waals surface area contributed by atoms with E-state index in [0.717, 1.165) is 18.6 Å². The van der Waals surface area contributed by atoms with Gasteiger partial charge in [0.2, 0.25) is 5.91 Å². The Morgan fingerprint density at radius 1 is 1.67 bits per heavy atom. The summed E-state index contributed by atoms with van der Waals surface area (Å²) in [5.74, 6) is 0.724. The summed E-state index contributed by atoms with van der Waals surface area (Å²) in [6.45, 7) is 2.94. The molecule has 0 aromatic carbocycles. The van der Waals surface area contributed by atoms with Gasteiger partial charge in [0.05, 0.1) is 25.5 Å². The van der Waals surface area contributed by atoms with Gasteiger partial charge in [-0.2, -0.15) is 0 Å². The molecule has 1 aliphatic carbocycles. The molecule has 18 heavy (non-hydrogen) atoms. The second-order valence-electron chi connectivity index (χ2n) is 4.67. The third-order valence-corrected chi connectivity index (χ3v) is 3.27. The number of furan rings is 1. The summed E-state index contributed by atoms with van der Waals surface area (Å²) in [5.41, 5.74) is 0. The van der Waals surface area contributed by atoms with Crippen molar-refractivity contribution in [1.29, 1.82) is 0 Å². The molecule has 1 aliphatic rings. The third-order valence-electron chi connectivity index (χ3n) is 3.27. The number of aliphatic hydroxyl groups is 1. The van der Waals surface area contributed by atoms with Gasteiger partial charge in [0.25, 0.3) is 0 Å². The van der Waals surface area contributed by atoms with E-state index in [1.165, 1.54) is 0 Å². The van der Waals surface area contributed by atoms with Crippen molar-refractivity contribution in [2.24, 2.45) is 0 Å². The largest absolute Gasteiger partial charge is 0.467 e. The van der Waals surface area contributed by atoms with E-state index in [1.807, 2.05) is 13.0 Å². The van der Waals surface area contributed by atoms with Crippen molar-refractivity contribution in [3.05, 3.63) is 24.2 Å². The fraction of sp³-hybridized carbons (Fsp3) is 0.615. The zero-order chi connectivity index (χ0) is 13.0. The fourth-order valence-corrected chi connectivity index (χ4v) is 2.10. The molecule has 1 amide bonds. The molecule has 1 aromatic heterocycles. The minimum Gasteiger partial charge on any atom is -0.467 e. The highest BCUT2D eigenvalue weighted by Gasteiger charge is 2.34. The molecule has 1 atom stereocenters. The standard InChI is InChI=1S/C13H20N2O3/c1-10(15(6-7-16)11-4-5-11)13(17)14-9-12-3-2-8-18-12/h2-3,8,10-11,16H,4-7,9H2,1H3,(H,14,17). The number of nitrogens with zero attached hydrogens (tertiary/aromatic N) is 1. The van der Waals surface area contributed by atoms with Crippen LogP contribution in [0.3, 0.4) is 0 Å². The summed E-state index contributed by atoms with van der Waals surface area (Å²) < 4.78 is 5.16. The number of hydrogen-bond donors (Lipinski definition) is 2. The lowest BCUT2D eigenvalue weighted by Crippen LogP contribution is -2.47. The Balaban J connectivity index is 1.82. The van der Waals surface area contributed by atoms with Crippen molar-refractivity contribution in [3.8, 4) is 0 Å². The number of aliphatic hydroxyl groups excluding tert-OH is 1. The fourth-order valence-electron chi connectivity index (χ4n) is 2.10. The average Bonchev–Trinajstić information content (AvgIpc) is 3.08. The Hall–Kier alpha value is -1.33. The molecule has 1 unspecified atom stereocenters. The highest BCUT2D eigenvalue weighted by atomic mass is 16.3. The van der Waals surface area contributed by atoms with Gasteiger partial charge in [0, 0.05) is 12.6 Å². The number of amides is 1. The predicted molar refractivity (Wildman–Crippen MR) is 66.8 cm³/mol. The normalized spacial score (nSPS) is 16.8. The number of carbonyl (C=O) groups is 1. The molecule has 0 radical (unpaired) electrons. The molecule has 5 nitrogen and oxygen atoms in total.